The Balaban J connectivity index is 1.65. The Labute approximate surface area is 145 Å². The summed E-state index contributed by atoms with van der Waals surface area (Å²) in [6.07, 6.45) is 3.43. The van der Waals surface area contributed by atoms with Gasteiger partial charge in [0.05, 0.1) is 0 Å². The van der Waals surface area contributed by atoms with Gasteiger partial charge < -0.3 is 5.32 Å². The molecule has 4 rings (SSSR count). The zero-order chi connectivity index (χ0) is 16.7. The molecule has 2 nitrogen and oxygen atoms in total. The van der Waals surface area contributed by atoms with Gasteiger partial charge in [0, 0.05) is 27.7 Å². The molecule has 0 unspecified atom stereocenters. The van der Waals surface area contributed by atoms with Gasteiger partial charge in [-0.15, -0.1) is 0 Å². The van der Waals surface area contributed by atoms with Crippen LogP contribution in [0, 0.1) is 5.82 Å². The molecule has 1 N–H and O–H groups in total. The lowest BCUT2D eigenvalue weighted by Crippen LogP contribution is -2.55. The number of carbonyl (C=O) groups is 1. The quantitative estimate of drug-likeness (QED) is 0.874. The van der Waals surface area contributed by atoms with Crippen LogP contribution in [0.15, 0.2) is 52.3 Å². The van der Waals surface area contributed by atoms with E-state index >= 15 is 0 Å². The molecule has 2 aromatic carbocycles. The third kappa shape index (κ3) is 2.63. The molecular weight excluding hydrogens is 321 g/mol. The SMILES string of the molecule is C[C@]12CCC(=O)N[C@@H]1CCc1cc(Sc3ccccc3F)ccc12. The molecule has 1 fully saturated rings. The van der Waals surface area contributed by atoms with Gasteiger partial charge in [-0.1, -0.05) is 36.9 Å². The molecule has 0 bridgehead atoms. The van der Waals surface area contributed by atoms with Crippen molar-refractivity contribution in [1.29, 1.82) is 0 Å². The second-order valence-electron chi connectivity index (χ2n) is 6.93. The molecule has 0 radical (unpaired) electrons. The normalized spacial score (nSPS) is 25.6. The molecule has 0 saturated carbocycles. The van der Waals surface area contributed by atoms with E-state index in [0.717, 1.165) is 24.2 Å². The van der Waals surface area contributed by atoms with Crippen LogP contribution in [0.1, 0.15) is 37.3 Å². The van der Waals surface area contributed by atoms with Crippen molar-refractivity contribution in [3.05, 3.63) is 59.4 Å². The number of hydrogen-bond acceptors (Lipinski definition) is 2. The first kappa shape index (κ1) is 15.7. The zero-order valence-corrected chi connectivity index (χ0v) is 14.5. The number of piperidine rings is 1. The van der Waals surface area contributed by atoms with Crippen molar-refractivity contribution in [3.63, 3.8) is 0 Å². The average molecular weight is 341 g/mol. The third-order valence-electron chi connectivity index (χ3n) is 5.43. The van der Waals surface area contributed by atoms with E-state index in [1.807, 2.05) is 12.1 Å². The number of carbonyl (C=O) groups excluding carboxylic acids is 1. The van der Waals surface area contributed by atoms with Gasteiger partial charge in [-0.05, 0) is 54.7 Å². The van der Waals surface area contributed by atoms with Gasteiger partial charge in [-0.2, -0.15) is 0 Å². The van der Waals surface area contributed by atoms with Crippen LogP contribution < -0.4 is 5.32 Å². The monoisotopic (exact) mass is 341 g/mol. The van der Waals surface area contributed by atoms with Crippen LogP contribution in [0.25, 0.3) is 0 Å². The Morgan fingerprint density at radius 1 is 1.21 bits per heavy atom. The summed E-state index contributed by atoms with van der Waals surface area (Å²) in [4.78, 5) is 13.4. The zero-order valence-electron chi connectivity index (χ0n) is 13.6. The maximum absolute atomic E-state index is 13.9. The Bertz CT molecular complexity index is 806. The molecule has 4 heteroatoms. The second kappa shape index (κ2) is 5.92. The first-order chi connectivity index (χ1) is 11.6. The molecule has 0 aromatic heterocycles. The van der Waals surface area contributed by atoms with Crippen molar-refractivity contribution in [2.45, 2.75) is 53.9 Å². The van der Waals surface area contributed by atoms with Crippen molar-refractivity contribution in [3.8, 4) is 0 Å². The van der Waals surface area contributed by atoms with Crippen molar-refractivity contribution >= 4 is 17.7 Å². The summed E-state index contributed by atoms with van der Waals surface area (Å²) in [6.45, 7) is 2.26. The second-order valence-corrected chi connectivity index (χ2v) is 8.04. The van der Waals surface area contributed by atoms with Gasteiger partial charge in [0.15, 0.2) is 0 Å². The topological polar surface area (TPSA) is 29.1 Å². The van der Waals surface area contributed by atoms with Crippen LogP contribution in [0.5, 0.6) is 0 Å². The number of nitrogens with one attached hydrogen (secondary N) is 1. The van der Waals surface area contributed by atoms with Crippen LogP contribution in [0.3, 0.4) is 0 Å². The molecule has 2 aliphatic rings. The fourth-order valence-corrected chi connectivity index (χ4v) is 4.94. The van der Waals surface area contributed by atoms with Crippen LogP contribution in [0.2, 0.25) is 0 Å². The predicted octanol–water partition coefficient (Wildman–Crippen LogP) is 4.46. The number of benzene rings is 2. The summed E-state index contributed by atoms with van der Waals surface area (Å²) >= 11 is 1.47. The van der Waals surface area contributed by atoms with Crippen LogP contribution in [-0.2, 0) is 16.6 Å². The van der Waals surface area contributed by atoms with Gasteiger partial charge in [0.1, 0.15) is 5.82 Å². The lowest BCUT2D eigenvalue weighted by atomic mass is 9.64. The van der Waals surface area contributed by atoms with Crippen molar-refractivity contribution in [2.75, 3.05) is 0 Å². The van der Waals surface area contributed by atoms with Crippen molar-refractivity contribution in [1.82, 2.24) is 5.32 Å². The lowest BCUT2D eigenvalue weighted by molar-refractivity contribution is -0.125. The number of fused-ring (bicyclic) bond motifs is 3. The maximum atomic E-state index is 13.9. The van der Waals surface area contributed by atoms with Gasteiger partial charge in [-0.25, -0.2) is 4.39 Å². The van der Waals surface area contributed by atoms with E-state index in [9.17, 15) is 9.18 Å². The lowest BCUT2D eigenvalue weighted by Gasteiger charge is -2.46. The first-order valence-corrected chi connectivity index (χ1v) is 9.23. The van der Waals surface area contributed by atoms with Crippen LogP contribution in [0.4, 0.5) is 4.39 Å². The number of halogens is 1. The smallest absolute Gasteiger partial charge is 0.220 e. The van der Waals surface area contributed by atoms with E-state index in [1.165, 1.54) is 29.0 Å². The van der Waals surface area contributed by atoms with Crippen LogP contribution in [-0.4, -0.2) is 11.9 Å². The fourth-order valence-electron chi connectivity index (χ4n) is 4.04. The first-order valence-electron chi connectivity index (χ1n) is 8.41. The van der Waals surface area contributed by atoms with Gasteiger partial charge in [-0.3, -0.25) is 4.79 Å². The van der Waals surface area contributed by atoms with Gasteiger partial charge in [0.25, 0.3) is 0 Å². The molecule has 0 spiro atoms. The minimum absolute atomic E-state index is 0.0166. The van der Waals surface area contributed by atoms with E-state index in [0.29, 0.717) is 11.3 Å². The standard InChI is InChI=1S/C20H20FNOS/c1-20-11-10-19(23)22-18(20)9-6-13-12-14(7-8-15(13)20)24-17-5-3-2-4-16(17)21/h2-5,7-8,12,18H,6,9-11H2,1H3,(H,22,23)/t18-,20-/m1/s1. The summed E-state index contributed by atoms with van der Waals surface area (Å²) < 4.78 is 13.9. The summed E-state index contributed by atoms with van der Waals surface area (Å²) in [6, 6.07) is 13.6. The highest BCUT2D eigenvalue weighted by Crippen LogP contribution is 2.44. The van der Waals surface area contributed by atoms with E-state index < -0.39 is 0 Å². The summed E-state index contributed by atoms with van der Waals surface area (Å²) in [5.41, 5.74) is 2.70. The van der Waals surface area contributed by atoms with E-state index in [-0.39, 0.29) is 23.2 Å². The Morgan fingerprint density at radius 2 is 2.04 bits per heavy atom. The van der Waals surface area contributed by atoms with Crippen molar-refractivity contribution in [2.24, 2.45) is 0 Å². The highest BCUT2D eigenvalue weighted by molar-refractivity contribution is 7.99. The molecule has 24 heavy (non-hydrogen) atoms. The summed E-state index contributed by atoms with van der Waals surface area (Å²) in [5.74, 6) is -0.00473. The molecule has 2 atom stereocenters. The summed E-state index contributed by atoms with van der Waals surface area (Å²) in [7, 11) is 0. The number of rotatable bonds is 2. The van der Waals surface area contributed by atoms with E-state index in [4.69, 9.17) is 0 Å². The van der Waals surface area contributed by atoms with Crippen LogP contribution >= 0.6 is 11.8 Å². The molecule has 1 amide bonds. The molecule has 1 saturated heterocycles. The number of hydrogen-bond donors (Lipinski definition) is 1. The number of aryl methyl sites for hydroxylation is 1. The van der Waals surface area contributed by atoms with E-state index in [2.05, 4.69) is 30.4 Å². The molecule has 124 valence electrons. The predicted molar refractivity (Wildman–Crippen MR) is 93.8 cm³/mol. The third-order valence-corrected chi connectivity index (χ3v) is 6.48. The minimum Gasteiger partial charge on any atom is -0.352 e. The molecule has 1 aliphatic carbocycles. The van der Waals surface area contributed by atoms with Gasteiger partial charge in [0.2, 0.25) is 5.91 Å². The molecular formula is C20H20FNOS. The molecule has 1 aliphatic heterocycles. The van der Waals surface area contributed by atoms with Gasteiger partial charge >= 0.3 is 0 Å². The Kier molecular flexibility index (Phi) is 3.87. The fraction of sp³-hybridized carbons (Fsp3) is 0.350. The minimum atomic E-state index is -0.178. The Hall–Kier alpha value is -1.81. The highest BCUT2D eigenvalue weighted by Gasteiger charge is 2.43. The average Bonchev–Trinajstić information content (AvgIpc) is 2.58. The summed E-state index contributed by atoms with van der Waals surface area (Å²) in [5, 5.41) is 3.17. The molecule has 1 heterocycles. The Morgan fingerprint density at radius 3 is 2.88 bits per heavy atom. The highest BCUT2D eigenvalue weighted by atomic mass is 32.2. The van der Waals surface area contributed by atoms with E-state index in [1.54, 1.807) is 6.07 Å². The maximum Gasteiger partial charge on any atom is 0.220 e. The number of amides is 1. The largest absolute Gasteiger partial charge is 0.352 e. The van der Waals surface area contributed by atoms with Crippen molar-refractivity contribution < 1.29 is 9.18 Å². The molecule has 2 aromatic rings.